The smallest absolute Gasteiger partial charge is 0.119 e. The third-order valence-corrected chi connectivity index (χ3v) is 3.60. The minimum absolute atomic E-state index is 0. The quantitative estimate of drug-likeness (QED) is 0.835. The lowest BCUT2D eigenvalue weighted by Gasteiger charge is -2.16. The van der Waals surface area contributed by atoms with E-state index in [1.54, 1.807) is 7.11 Å². The summed E-state index contributed by atoms with van der Waals surface area (Å²) in [5, 5.41) is 3.25. The summed E-state index contributed by atoms with van der Waals surface area (Å²) in [4.78, 5) is 2.48. The van der Waals surface area contributed by atoms with E-state index in [2.05, 4.69) is 10.2 Å². The van der Waals surface area contributed by atoms with Crippen LogP contribution in [0.2, 0.25) is 0 Å². The summed E-state index contributed by atoms with van der Waals surface area (Å²) in [6.07, 6.45) is 1.30. The molecule has 5 heteroatoms. The maximum Gasteiger partial charge on any atom is 0.119 e. The van der Waals surface area contributed by atoms with Gasteiger partial charge < -0.3 is 14.8 Å². The van der Waals surface area contributed by atoms with Crippen molar-refractivity contribution in [3.8, 4) is 11.5 Å². The zero-order valence-corrected chi connectivity index (χ0v) is 13.1. The number of nitrogens with zero attached hydrogens (tertiary/aromatic N) is 1. The van der Waals surface area contributed by atoms with Gasteiger partial charge in [0.05, 0.1) is 7.11 Å². The van der Waals surface area contributed by atoms with E-state index >= 15 is 0 Å². The van der Waals surface area contributed by atoms with Crippen molar-refractivity contribution in [3.63, 3.8) is 0 Å². The number of hydrogen-bond donors (Lipinski definition) is 1. The molecule has 4 nitrogen and oxygen atoms in total. The highest BCUT2D eigenvalue weighted by molar-refractivity contribution is 5.85. The molecular formula is C15H25ClN2O2. The molecule has 2 rings (SSSR count). The first-order chi connectivity index (χ1) is 9.31. The topological polar surface area (TPSA) is 33.7 Å². The predicted octanol–water partition coefficient (Wildman–Crippen LogP) is 2.04. The van der Waals surface area contributed by atoms with Gasteiger partial charge in [0.1, 0.15) is 18.1 Å². The molecule has 1 fully saturated rings. The zero-order chi connectivity index (χ0) is 13.5. The van der Waals surface area contributed by atoms with Crippen molar-refractivity contribution in [2.75, 3.05) is 46.9 Å². The molecule has 1 aliphatic heterocycles. The molecule has 1 aromatic rings. The number of hydrogen-bond acceptors (Lipinski definition) is 4. The first-order valence-electron chi connectivity index (χ1n) is 6.95. The van der Waals surface area contributed by atoms with E-state index in [-0.39, 0.29) is 12.4 Å². The van der Waals surface area contributed by atoms with Gasteiger partial charge in [-0.3, -0.25) is 4.90 Å². The summed E-state index contributed by atoms with van der Waals surface area (Å²) in [6.45, 7) is 5.26. The standard InChI is InChI=1S/C15H24N2O2.ClH/c1-16-11-13-7-8-17(12-13)9-10-19-15-5-3-14(18-2)4-6-15;/h3-6,13,16H,7-12H2,1-2H3;1H. The van der Waals surface area contributed by atoms with Crippen molar-refractivity contribution < 1.29 is 9.47 Å². The summed E-state index contributed by atoms with van der Waals surface area (Å²) in [7, 11) is 3.69. The van der Waals surface area contributed by atoms with E-state index in [0.717, 1.165) is 37.1 Å². The molecule has 0 aliphatic carbocycles. The summed E-state index contributed by atoms with van der Waals surface area (Å²) in [5.41, 5.74) is 0. The minimum Gasteiger partial charge on any atom is -0.497 e. The van der Waals surface area contributed by atoms with Crippen LogP contribution >= 0.6 is 12.4 Å². The van der Waals surface area contributed by atoms with Gasteiger partial charge in [-0.15, -0.1) is 12.4 Å². The number of ether oxygens (including phenoxy) is 2. The summed E-state index contributed by atoms with van der Waals surface area (Å²) >= 11 is 0. The van der Waals surface area contributed by atoms with Crippen LogP contribution in [0.25, 0.3) is 0 Å². The van der Waals surface area contributed by atoms with Crippen molar-refractivity contribution in [1.82, 2.24) is 10.2 Å². The van der Waals surface area contributed by atoms with Gasteiger partial charge in [-0.2, -0.15) is 0 Å². The molecule has 1 aliphatic rings. The first-order valence-corrected chi connectivity index (χ1v) is 6.95. The Labute approximate surface area is 127 Å². The number of nitrogens with one attached hydrogen (secondary N) is 1. The molecule has 0 bridgehead atoms. The third-order valence-electron chi connectivity index (χ3n) is 3.60. The van der Waals surface area contributed by atoms with E-state index in [4.69, 9.17) is 9.47 Å². The maximum absolute atomic E-state index is 5.75. The molecule has 0 aromatic heterocycles. The molecule has 0 amide bonds. The molecule has 1 heterocycles. The number of likely N-dealkylation sites (tertiary alicyclic amines) is 1. The molecular weight excluding hydrogens is 276 g/mol. The van der Waals surface area contributed by atoms with Gasteiger partial charge in [0.25, 0.3) is 0 Å². The van der Waals surface area contributed by atoms with Crippen LogP contribution in [0.5, 0.6) is 11.5 Å². The Balaban J connectivity index is 0.00000200. The highest BCUT2D eigenvalue weighted by Crippen LogP contribution is 2.18. The van der Waals surface area contributed by atoms with Crippen LogP contribution in [0.3, 0.4) is 0 Å². The average molecular weight is 301 g/mol. The molecule has 1 N–H and O–H groups in total. The molecule has 1 saturated heterocycles. The van der Waals surface area contributed by atoms with Gasteiger partial charge in [-0.25, -0.2) is 0 Å². The van der Waals surface area contributed by atoms with E-state index in [1.807, 2.05) is 31.3 Å². The van der Waals surface area contributed by atoms with Crippen molar-refractivity contribution in [1.29, 1.82) is 0 Å². The lowest BCUT2D eigenvalue weighted by atomic mass is 10.1. The summed E-state index contributed by atoms with van der Waals surface area (Å²) < 4.78 is 10.9. The lowest BCUT2D eigenvalue weighted by molar-refractivity contribution is 0.232. The fraction of sp³-hybridized carbons (Fsp3) is 0.600. The molecule has 114 valence electrons. The highest BCUT2D eigenvalue weighted by atomic mass is 35.5. The Morgan fingerprint density at radius 2 is 1.95 bits per heavy atom. The van der Waals surface area contributed by atoms with Crippen molar-refractivity contribution in [3.05, 3.63) is 24.3 Å². The highest BCUT2D eigenvalue weighted by Gasteiger charge is 2.21. The van der Waals surface area contributed by atoms with Gasteiger partial charge in [0, 0.05) is 13.1 Å². The van der Waals surface area contributed by atoms with E-state index < -0.39 is 0 Å². The Bertz CT molecular complexity index is 373. The zero-order valence-electron chi connectivity index (χ0n) is 12.3. The van der Waals surface area contributed by atoms with Gasteiger partial charge in [-0.05, 0) is 56.7 Å². The second-order valence-electron chi connectivity index (χ2n) is 5.04. The van der Waals surface area contributed by atoms with Gasteiger partial charge >= 0.3 is 0 Å². The first kappa shape index (κ1) is 17.1. The molecule has 1 aromatic carbocycles. The number of halogens is 1. The molecule has 1 unspecified atom stereocenters. The van der Waals surface area contributed by atoms with Crippen molar-refractivity contribution in [2.45, 2.75) is 6.42 Å². The Morgan fingerprint density at radius 3 is 2.60 bits per heavy atom. The molecule has 20 heavy (non-hydrogen) atoms. The Kier molecular flexibility index (Phi) is 7.73. The predicted molar refractivity (Wildman–Crippen MR) is 84.2 cm³/mol. The maximum atomic E-state index is 5.75. The Hall–Kier alpha value is -0.970. The second-order valence-corrected chi connectivity index (χ2v) is 5.04. The van der Waals surface area contributed by atoms with Crippen LogP contribution in [-0.4, -0.2) is 51.8 Å². The lowest BCUT2D eigenvalue weighted by Crippen LogP contribution is -2.28. The summed E-state index contributed by atoms with van der Waals surface area (Å²) in [6, 6.07) is 7.75. The van der Waals surface area contributed by atoms with Crippen LogP contribution < -0.4 is 14.8 Å². The van der Waals surface area contributed by atoms with E-state index in [1.165, 1.54) is 19.5 Å². The molecule has 1 atom stereocenters. The fourth-order valence-electron chi connectivity index (χ4n) is 2.54. The van der Waals surface area contributed by atoms with E-state index in [0.29, 0.717) is 0 Å². The molecule has 0 radical (unpaired) electrons. The van der Waals surface area contributed by atoms with Crippen LogP contribution in [0, 0.1) is 5.92 Å². The Morgan fingerprint density at radius 1 is 1.25 bits per heavy atom. The number of benzene rings is 1. The SMILES string of the molecule is CNCC1CCN(CCOc2ccc(OC)cc2)C1.Cl. The van der Waals surface area contributed by atoms with Crippen LogP contribution in [0.4, 0.5) is 0 Å². The monoisotopic (exact) mass is 300 g/mol. The minimum atomic E-state index is 0. The average Bonchev–Trinajstić information content (AvgIpc) is 2.88. The fourth-order valence-corrected chi connectivity index (χ4v) is 2.54. The summed E-state index contributed by atoms with van der Waals surface area (Å²) in [5.74, 6) is 2.57. The number of rotatable bonds is 7. The molecule has 0 saturated carbocycles. The second kappa shape index (κ2) is 9.06. The largest absolute Gasteiger partial charge is 0.497 e. The van der Waals surface area contributed by atoms with Crippen LogP contribution in [-0.2, 0) is 0 Å². The van der Waals surface area contributed by atoms with Gasteiger partial charge in [0.15, 0.2) is 0 Å². The van der Waals surface area contributed by atoms with Gasteiger partial charge in [0.2, 0.25) is 0 Å². The molecule has 0 spiro atoms. The number of methoxy groups -OCH3 is 1. The van der Waals surface area contributed by atoms with E-state index in [9.17, 15) is 0 Å². The van der Waals surface area contributed by atoms with Crippen LogP contribution in [0.1, 0.15) is 6.42 Å². The van der Waals surface area contributed by atoms with Crippen molar-refractivity contribution >= 4 is 12.4 Å². The van der Waals surface area contributed by atoms with Crippen LogP contribution in [0.15, 0.2) is 24.3 Å². The normalized spacial score (nSPS) is 18.6. The van der Waals surface area contributed by atoms with Gasteiger partial charge in [-0.1, -0.05) is 0 Å². The van der Waals surface area contributed by atoms with Crippen molar-refractivity contribution in [2.24, 2.45) is 5.92 Å². The third kappa shape index (κ3) is 5.19.